The summed E-state index contributed by atoms with van der Waals surface area (Å²) in [7, 11) is 0. The molecule has 0 N–H and O–H groups in total. The van der Waals surface area contributed by atoms with Crippen LogP contribution in [0.2, 0.25) is 0 Å². The number of likely N-dealkylation sites (tertiary alicyclic amines) is 1. The van der Waals surface area contributed by atoms with Gasteiger partial charge in [-0.3, -0.25) is 14.2 Å². The monoisotopic (exact) mass is 468 g/mol. The summed E-state index contributed by atoms with van der Waals surface area (Å²) in [6.07, 6.45) is 2.90. The molecule has 1 saturated heterocycles. The number of fused-ring (bicyclic) bond motifs is 1. The Balaban J connectivity index is 1.35. The van der Waals surface area contributed by atoms with Gasteiger partial charge in [0.2, 0.25) is 5.91 Å². The Morgan fingerprint density at radius 2 is 1.60 bits per heavy atom. The second-order valence-electron chi connectivity index (χ2n) is 9.89. The zero-order valence-electron chi connectivity index (χ0n) is 20.0. The molecule has 35 heavy (non-hydrogen) atoms. The maximum Gasteiger partial charge on any atom is 0.283 e. The SMILES string of the molecule is Cc1ccc(-c2ccc(-c3nc4oc(C)nc4c(=O)n3CC3CCN(C(=O)C4CC4)C3)cc2)cc1. The number of hydrogen-bond donors (Lipinski definition) is 0. The first kappa shape index (κ1) is 21.8. The van der Waals surface area contributed by atoms with E-state index in [1.54, 1.807) is 11.5 Å². The van der Waals surface area contributed by atoms with Gasteiger partial charge >= 0.3 is 0 Å². The van der Waals surface area contributed by atoms with Crippen molar-refractivity contribution in [1.29, 1.82) is 0 Å². The summed E-state index contributed by atoms with van der Waals surface area (Å²) in [6, 6.07) is 16.5. The molecule has 0 bridgehead atoms. The lowest BCUT2D eigenvalue weighted by atomic mass is 10.0. The maximum atomic E-state index is 13.5. The topological polar surface area (TPSA) is 81.2 Å². The van der Waals surface area contributed by atoms with Crippen LogP contribution in [0.3, 0.4) is 0 Å². The molecule has 2 aromatic carbocycles. The van der Waals surface area contributed by atoms with Crippen molar-refractivity contribution in [1.82, 2.24) is 19.4 Å². The van der Waals surface area contributed by atoms with Gasteiger partial charge in [-0.05, 0) is 43.2 Å². The number of carbonyl (C=O) groups is 1. The first-order valence-electron chi connectivity index (χ1n) is 12.3. The fraction of sp³-hybridized carbons (Fsp3) is 0.357. The molecule has 0 radical (unpaired) electrons. The number of benzene rings is 2. The van der Waals surface area contributed by atoms with Gasteiger partial charge in [0.15, 0.2) is 11.4 Å². The standard InChI is InChI=1S/C28H28N4O3/c1-17-3-5-20(6-4-17)21-7-9-22(10-8-21)25-30-26-24(29-18(2)35-26)28(34)32(25)16-19-13-14-31(15-19)27(33)23-11-12-23/h3-10,19,23H,11-16H2,1-2H3. The van der Waals surface area contributed by atoms with E-state index in [1.165, 1.54) is 5.56 Å². The van der Waals surface area contributed by atoms with E-state index in [0.717, 1.165) is 42.5 Å². The van der Waals surface area contributed by atoms with Crippen LogP contribution in [0.1, 0.15) is 30.7 Å². The molecule has 1 aliphatic carbocycles. The van der Waals surface area contributed by atoms with Gasteiger partial charge in [0.25, 0.3) is 11.3 Å². The summed E-state index contributed by atoms with van der Waals surface area (Å²) in [5.41, 5.74) is 4.63. The third-order valence-corrected chi connectivity index (χ3v) is 7.12. The normalized spacial score (nSPS) is 17.9. The molecule has 2 fully saturated rings. The summed E-state index contributed by atoms with van der Waals surface area (Å²) in [5, 5.41) is 0. The van der Waals surface area contributed by atoms with Crippen LogP contribution in [0.4, 0.5) is 0 Å². The van der Waals surface area contributed by atoms with Crippen molar-refractivity contribution < 1.29 is 9.21 Å². The Labute approximate surface area is 203 Å². The minimum absolute atomic E-state index is 0.198. The van der Waals surface area contributed by atoms with Crippen LogP contribution in [-0.2, 0) is 11.3 Å². The van der Waals surface area contributed by atoms with Crippen LogP contribution in [-0.4, -0.2) is 38.4 Å². The number of aromatic nitrogens is 3. The highest BCUT2D eigenvalue weighted by Gasteiger charge is 2.37. The highest BCUT2D eigenvalue weighted by molar-refractivity contribution is 5.81. The minimum Gasteiger partial charge on any atom is -0.422 e. The van der Waals surface area contributed by atoms with Crippen LogP contribution < -0.4 is 5.56 Å². The molecule has 3 heterocycles. The smallest absolute Gasteiger partial charge is 0.283 e. The molecule has 4 aromatic rings. The Morgan fingerprint density at radius 3 is 2.29 bits per heavy atom. The van der Waals surface area contributed by atoms with Crippen LogP contribution in [0.5, 0.6) is 0 Å². The van der Waals surface area contributed by atoms with Gasteiger partial charge in [0, 0.05) is 38.0 Å². The van der Waals surface area contributed by atoms with E-state index < -0.39 is 0 Å². The lowest BCUT2D eigenvalue weighted by Gasteiger charge is -2.18. The molecular weight excluding hydrogens is 440 g/mol. The molecule has 7 nitrogen and oxygen atoms in total. The van der Waals surface area contributed by atoms with Crippen LogP contribution in [0.25, 0.3) is 33.7 Å². The predicted octanol–water partition coefficient (Wildman–Crippen LogP) is 4.59. The van der Waals surface area contributed by atoms with Gasteiger partial charge in [0.05, 0.1) is 0 Å². The van der Waals surface area contributed by atoms with Gasteiger partial charge in [-0.2, -0.15) is 4.98 Å². The highest BCUT2D eigenvalue weighted by atomic mass is 16.4. The van der Waals surface area contributed by atoms with E-state index in [2.05, 4.69) is 48.3 Å². The van der Waals surface area contributed by atoms with Crippen molar-refractivity contribution in [2.75, 3.05) is 13.1 Å². The van der Waals surface area contributed by atoms with Crippen molar-refractivity contribution in [3.8, 4) is 22.5 Å². The van der Waals surface area contributed by atoms with E-state index in [0.29, 0.717) is 24.8 Å². The summed E-state index contributed by atoms with van der Waals surface area (Å²) in [6.45, 7) is 5.74. The van der Waals surface area contributed by atoms with E-state index in [9.17, 15) is 9.59 Å². The van der Waals surface area contributed by atoms with Gasteiger partial charge in [0.1, 0.15) is 5.82 Å². The molecule has 1 atom stereocenters. The Kier molecular flexibility index (Phi) is 5.28. The van der Waals surface area contributed by atoms with Crippen molar-refractivity contribution in [2.45, 2.75) is 39.7 Å². The first-order chi connectivity index (χ1) is 17.0. The van der Waals surface area contributed by atoms with Gasteiger partial charge in [-0.1, -0.05) is 54.1 Å². The molecule has 0 spiro atoms. The zero-order chi connectivity index (χ0) is 24.1. The zero-order valence-corrected chi connectivity index (χ0v) is 20.0. The summed E-state index contributed by atoms with van der Waals surface area (Å²) in [4.78, 5) is 37.0. The second kappa shape index (κ2) is 8.48. The highest BCUT2D eigenvalue weighted by Crippen LogP contribution is 2.33. The average Bonchev–Trinajstić information content (AvgIpc) is 3.49. The molecule has 1 saturated carbocycles. The molecule has 178 valence electrons. The molecular formula is C28H28N4O3. The Morgan fingerprint density at radius 1 is 0.943 bits per heavy atom. The van der Waals surface area contributed by atoms with Crippen molar-refractivity contribution in [3.05, 3.63) is 70.3 Å². The summed E-state index contributed by atoms with van der Waals surface area (Å²) >= 11 is 0. The number of aryl methyl sites for hydroxylation is 2. The number of hydrogen-bond acceptors (Lipinski definition) is 5. The van der Waals surface area contributed by atoms with Crippen molar-refractivity contribution in [2.24, 2.45) is 11.8 Å². The fourth-order valence-electron chi connectivity index (χ4n) is 4.99. The molecule has 1 aliphatic heterocycles. The number of carbonyl (C=O) groups excluding carboxylic acids is 1. The largest absolute Gasteiger partial charge is 0.422 e. The van der Waals surface area contributed by atoms with E-state index in [1.807, 2.05) is 17.0 Å². The van der Waals surface area contributed by atoms with Gasteiger partial charge in [-0.25, -0.2) is 4.98 Å². The molecule has 1 amide bonds. The van der Waals surface area contributed by atoms with Gasteiger partial charge < -0.3 is 9.32 Å². The number of amides is 1. The Hall–Kier alpha value is -3.74. The number of nitrogens with zero attached hydrogens (tertiary/aromatic N) is 4. The van der Waals surface area contributed by atoms with Crippen LogP contribution in [0.15, 0.2) is 57.7 Å². The van der Waals surface area contributed by atoms with E-state index in [-0.39, 0.29) is 34.5 Å². The summed E-state index contributed by atoms with van der Waals surface area (Å²) in [5.74, 6) is 1.68. The third-order valence-electron chi connectivity index (χ3n) is 7.12. The fourth-order valence-corrected chi connectivity index (χ4v) is 4.99. The molecule has 2 aromatic heterocycles. The maximum absolute atomic E-state index is 13.5. The quantitative estimate of drug-likeness (QED) is 0.428. The van der Waals surface area contributed by atoms with E-state index in [4.69, 9.17) is 9.40 Å². The third kappa shape index (κ3) is 4.16. The van der Waals surface area contributed by atoms with Crippen molar-refractivity contribution in [3.63, 3.8) is 0 Å². The van der Waals surface area contributed by atoms with Gasteiger partial charge in [-0.15, -0.1) is 0 Å². The van der Waals surface area contributed by atoms with Crippen LogP contribution in [0, 0.1) is 25.7 Å². The van der Waals surface area contributed by atoms with Crippen molar-refractivity contribution >= 4 is 17.1 Å². The molecule has 6 rings (SSSR count). The minimum atomic E-state index is -0.198. The molecule has 1 unspecified atom stereocenters. The summed E-state index contributed by atoms with van der Waals surface area (Å²) < 4.78 is 7.36. The second-order valence-corrected chi connectivity index (χ2v) is 9.89. The Bertz CT molecular complexity index is 1460. The molecule has 7 heteroatoms. The van der Waals surface area contributed by atoms with E-state index >= 15 is 0 Å². The van der Waals surface area contributed by atoms with Crippen LogP contribution >= 0.6 is 0 Å². The lowest BCUT2D eigenvalue weighted by Crippen LogP contribution is -2.32. The number of rotatable bonds is 5. The first-order valence-corrected chi connectivity index (χ1v) is 12.3. The molecule has 2 aliphatic rings. The lowest BCUT2D eigenvalue weighted by molar-refractivity contribution is -0.131. The number of oxazole rings is 1. The predicted molar refractivity (Wildman–Crippen MR) is 134 cm³/mol. The average molecular weight is 469 g/mol.